The fourth-order valence-corrected chi connectivity index (χ4v) is 6.09. The number of phenols is 2. The molecule has 0 saturated heterocycles. The van der Waals surface area contributed by atoms with Gasteiger partial charge in [-0.05, 0) is 86.7 Å². The third-order valence-corrected chi connectivity index (χ3v) is 9.41. The quantitative estimate of drug-likeness (QED) is 0.171. The van der Waals surface area contributed by atoms with Crippen molar-refractivity contribution in [2.24, 2.45) is 0 Å². The number of phenolic OH excluding ortho intramolecular Hbond substituents is 2. The van der Waals surface area contributed by atoms with Crippen molar-refractivity contribution in [1.29, 1.82) is 0 Å². The van der Waals surface area contributed by atoms with Crippen LogP contribution < -0.4 is 4.72 Å². The molecule has 1 atom stereocenters. The van der Waals surface area contributed by atoms with Gasteiger partial charge in [0, 0.05) is 24.0 Å². The van der Waals surface area contributed by atoms with Crippen LogP contribution in [-0.2, 0) is 16.6 Å². The highest BCUT2D eigenvalue weighted by atomic mass is 32.2. The van der Waals surface area contributed by atoms with E-state index in [9.17, 15) is 18.6 Å². The number of nitrogens with zero attached hydrogens (tertiary/aromatic N) is 1. The maximum atomic E-state index is 12.0. The number of sulfonamides is 1. The standard InChI is InChI=1S/C30H44N2O4S/c1-4-23(2)37(35,36)31-20-12-10-8-6-5-7-9-11-13-21-32-29-19-18-27(34)22-28(29)24(3)30(32)25-14-16-26(33)17-15-25/h14-19,22-23,31,33-34H,4-13,20-21H2,1-3H3. The number of rotatable bonds is 16. The normalized spacial score (nSPS) is 12.8. The van der Waals surface area contributed by atoms with Crippen molar-refractivity contribution in [3.63, 3.8) is 0 Å². The SMILES string of the molecule is CCC(C)S(=O)(=O)NCCCCCCCCCCCn1c(-c2ccc(O)cc2)c(C)c2cc(O)ccc21. The molecule has 0 aliphatic rings. The molecule has 2 aromatic carbocycles. The van der Waals surface area contributed by atoms with Gasteiger partial charge in [-0.2, -0.15) is 0 Å². The summed E-state index contributed by atoms with van der Waals surface area (Å²) in [6, 6.07) is 12.9. The van der Waals surface area contributed by atoms with Crippen molar-refractivity contribution < 1.29 is 18.6 Å². The van der Waals surface area contributed by atoms with E-state index < -0.39 is 10.0 Å². The van der Waals surface area contributed by atoms with Crippen LogP contribution in [-0.4, -0.2) is 35.0 Å². The highest BCUT2D eigenvalue weighted by Crippen LogP contribution is 2.36. The molecular formula is C30H44N2O4S. The molecule has 3 aromatic rings. The number of aryl methyl sites for hydroxylation is 2. The van der Waals surface area contributed by atoms with Gasteiger partial charge in [-0.1, -0.05) is 51.9 Å². The zero-order valence-corrected chi connectivity index (χ0v) is 23.5. The molecule has 6 nitrogen and oxygen atoms in total. The third kappa shape index (κ3) is 7.99. The van der Waals surface area contributed by atoms with Gasteiger partial charge < -0.3 is 14.8 Å². The number of hydrogen-bond acceptors (Lipinski definition) is 4. The average molecular weight is 529 g/mol. The van der Waals surface area contributed by atoms with E-state index in [1.807, 2.05) is 31.2 Å². The van der Waals surface area contributed by atoms with E-state index in [-0.39, 0.29) is 16.7 Å². The van der Waals surface area contributed by atoms with E-state index in [1.165, 1.54) is 32.1 Å². The van der Waals surface area contributed by atoms with Crippen LogP contribution in [0.3, 0.4) is 0 Å². The summed E-state index contributed by atoms with van der Waals surface area (Å²) in [5.74, 6) is 0.533. The van der Waals surface area contributed by atoms with E-state index >= 15 is 0 Å². The first kappa shape index (κ1) is 29.1. The largest absolute Gasteiger partial charge is 0.508 e. The lowest BCUT2D eigenvalue weighted by Crippen LogP contribution is -2.32. The van der Waals surface area contributed by atoms with Crippen LogP contribution in [0, 0.1) is 6.92 Å². The maximum Gasteiger partial charge on any atom is 0.214 e. The molecule has 1 aromatic heterocycles. The van der Waals surface area contributed by atoms with Crippen LogP contribution in [0.5, 0.6) is 11.5 Å². The molecule has 0 bridgehead atoms. The Morgan fingerprint density at radius 1 is 0.838 bits per heavy atom. The molecule has 0 spiro atoms. The zero-order chi connectivity index (χ0) is 26.8. The van der Waals surface area contributed by atoms with Gasteiger partial charge >= 0.3 is 0 Å². The molecule has 7 heteroatoms. The molecule has 0 fully saturated rings. The Bertz CT molecular complexity index is 1230. The fourth-order valence-electron chi connectivity index (χ4n) is 4.94. The minimum Gasteiger partial charge on any atom is -0.508 e. The minimum absolute atomic E-state index is 0.257. The summed E-state index contributed by atoms with van der Waals surface area (Å²) in [4.78, 5) is 0. The second-order valence-corrected chi connectivity index (χ2v) is 12.4. The fraction of sp³-hybridized carbons (Fsp3) is 0.533. The first-order valence-corrected chi connectivity index (χ1v) is 15.4. The first-order valence-electron chi connectivity index (χ1n) is 13.8. The molecule has 1 heterocycles. The molecule has 0 amide bonds. The van der Waals surface area contributed by atoms with Crippen LogP contribution in [0.1, 0.15) is 83.6 Å². The highest BCUT2D eigenvalue weighted by molar-refractivity contribution is 7.90. The number of hydrogen-bond donors (Lipinski definition) is 3. The van der Waals surface area contributed by atoms with Crippen LogP contribution in [0.15, 0.2) is 42.5 Å². The van der Waals surface area contributed by atoms with Gasteiger partial charge in [0.05, 0.1) is 10.9 Å². The number of aromatic nitrogens is 1. The van der Waals surface area contributed by atoms with E-state index in [1.54, 1.807) is 25.1 Å². The van der Waals surface area contributed by atoms with Crippen LogP contribution >= 0.6 is 0 Å². The smallest absolute Gasteiger partial charge is 0.214 e. The minimum atomic E-state index is -3.15. The van der Waals surface area contributed by atoms with Crippen molar-refractivity contribution >= 4 is 20.9 Å². The monoisotopic (exact) mass is 528 g/mol. The molecule has 0 aliphatic carbocycles. The summed E-state index contributed by atoms with van der Waals surface area (Å²) in [5.41, 5.74) is 4.49. The number of benzene rings is 2. The Labute approximate surface area is 222 Å². The number of nitrogens with one attached hydrogen (secondary N) is 1. The van der Waals surface area contributed by atoms with Crippen molar-refractivity contribution in [3.8, 4) is 22.8 Å². The van der Waals surface area contributed by atoms with Gasteiger partial charge in [-0.25, -0.2) is 13.1 Å². The van der Waals surface area contributed by atoms with Gasteiger partial charge in [0.25, 0.3) is 0 Å². The Hall–Kier alpha value is -2.51. The first-order chi connectivity index (χ1) is 17.7. The van der Waals surface area contributed by atoms with Gasteiger partial charge in [0.15, 0.2) is 0 Å². The summed E-state index contributed by atoms with van der Waals surface area (Å²) in [6.45, 7) is 7.21. The van der Waals surface area contributed by atoms with Crippen molar-refractivity contribution in [3.05, 3.63) is 48.0 Å². The second-order valence-electron chi connectivity index (χ2n) is 10.2. The summed E-state index contributed by atoms with van der Waals surface area (Å²) in [7, 11) is -3.15. The Balaban J connectivity index is 1.40. The van der Waals surface area contributed by atoms with Crippen molar-refractivity contribution in [2.75, 3.05) is 6.54 Å². The summed E-state index contributed by atoms with van der Waals surface area (Å²) in [6.07, 6.45) is 10.9. The van der Waals surface area contributed by atoms with E-state index in [4.69, 9.17) is 0 Å². The van der Waals surface area contributed by atoms with Gasteiger partial charge in [0.1, 0.15) is 11.5 Å². The molecule has 3 rings (SSSR count). The molecule has 0 aliphatic heterocycles. The van der Waals surface area contributed by atoms with Crippen LogP contribution in [0.2, 0.25) is 0 Å². The molecular weight excluding hydrogens is 484 g/mol. The molecule has 37 heavy (non-hydrogen) atoms. The Morgan fingerprint density at radius 3 is 2.03 bits per heavy atom. The number of aromatic hydroxyl groups is 2. The van der Waals surface area contributed by atoms with Crippen molar-refractivity contribution in [2.45, 2.75) is 96.8 Å². The molecule has 1 unspecified atom stereocenters. The third-order valence-electron chi connectivity index (χ3n) is 7.41. The van der Waals surface area contributed by atoms with Crippen LogP contribution in [0.25, 0.3) is 22.2 Å². The average Bonchev–Trinajstić information content (AvgIpc) is 3.15. The number of unbranched alkanes of at least 4 members (excludes halogenated alkanes) is 8. The number of fused-ring (bicyclic) bond motifs is 1. The molecule has 0 saturated carbocycles. The van der Waals surface area contributed by atoms with Crippen molar-refractivity contribution in [1.82, 2.24) is 9.29 Å². The lowest BCUT2D eigenvalue weighted by molar-refractivity contribution is 0.475. The van der Waals surface area contributed by atoms with Gasteiger partial charge in [-0.3, -0.25) is 0 Å². The summed E-state index contributed by atoms with van der Waals surface area (Å²) < 4.78 is 29.0. The van der Waals surface area contributed by atoms with E-state index in [2.05, 4.69) is 16.2 Å². The predicted octanol–water partition coefficient (Wildman–Crippen LogP) is 7.26. The molecule has 0 radical (unpaired) electrons. The summed E-state index contributed by atoms with van der Waals surface area (Å²) >= 11 is 0. The highest BCUT2D eigenvalue weighted by Gasteiger charge is 2.18. The zero-order valence-electron chi connectivity index (χ0n) is 22.7. The van der Waals surface area contributed by atoms with Gasteiger partial charge in [-0.15, -0.1) is 0 Å². The molecule has 3 N–H and O–H groups in total. The Kier molecular flexibility index (Phi) is 10.9. The van der Waals surface area contributed by atoms with E-state index in [0.29, 0.717) is 13.0 Å². The topological polar surface area (TPSA) is 91.6 Å². The predicted molar refractivity (Wildman–Crippen MR) is 154 cm³/mol. The van der Waals surface area contributed by atoms with Crippen LogP contribution in [0.4, 0.5) is 0 Å². The Morgan fingerprint density at radius 2 is 1.41 bits per heavy atom. The lowest BCUT2D eigenvalue weighted by atomic mass is 10.1. The van der Waals surface area contributed by atoms with E-state index in [0.717, 1.165) is 60.0 Å². The summed E-state index contributed by atoms with van der Waals surface area (Å²) in [5, 5.41) is 20.5. The second kappa shape index (κ2) is 13.9. The maximum absolute atomic E-state index is 12.0. The van der Waals surface area contributed by atoms with Gasteiger partial charge in [0.2, 0.25) is 10.0 Å². The lowest BCUT2D eigenvalue weighted by Gasteiger charge is -2.12. The molecule has 204 valence electrons.